The van der Waals surface area contributed by atoms with E-state index in [1.165, 1.54) is 25.3 Å². The summed E-state index contributed by atoms with van der Waals surface area (Å²) >= 11 is 0. The molecular weight excluding hydrogens is 638 g/mol. The number of nitrogens with one attached hydrogen (secondary N) is 1. The van der Waals surface area contributed by atoms with E-state index in [9.17, 15) is 39.9 Å². The number of carbonyl (C=O) groups is 3. The van der Waals surface area contributed by atoms with Crippen molar-refractivity contribution in [3.8, 4) is 17.2 Å². The van der Waals surface area contributed by atoms with Crippen LogP contribution in [0.15, 0.2) is 23.3 Å². The highest BCUT2D eigenvalue weighted by atomic mass is 16.7. The number of benzene rings is 2. The molecule has 0 aromatic heterocycles. The molecule has 1 amide bonds. The van der Waals surface area contributed by atoms with E-state index < -0.39 is 89.4 Å². The van der Waals surface area contributed by atoms with Gasteiger partial charge in [0.15, 0.2) is 12.1 Å². The Morgan fingerprint density at radius 2 is 1.82 bits per heavy atom. The Bertz CT molecular complexity index is 1630. The number of phenolic OH excluding ortho intramolecular Hbond substituents is 2. The molecule has 266 valence electrons. The number of aromatic hydroxyl groups is 2. The average Bonchev–Trinajstić information content (AvgIpc) is 3.07. The SMILES string of the molecule is CCCCCCCC(=O)N/N=C(/CO)C1(O)Cc2c(O)c3c(c(O)c2C(OC2CC(N)C(O)C(C)O2)C1)C(=O)c1c(OC)cccc1C3=O. The number of ether oxygens (including phenoxy) is 3. The number of amides is 1. The molecule has 2 aromatic rings. The molecule has 0 radical (unpaired) electrons. The number of carbonyl (C=O) groups excluding carboxylic acids is 3. The minimum Gasteiger partial charge on any atom is -0.507 e. The maximum absolute atomic E-state index is 13.9. The third kappa shape index (κ3) is 6.94. The molecule has 0 saturated carbocycles. The molecule has 0 spiro atoms. The molecule has 3 aliphatic rings. The standard InChI is InChI=1S/C35H45N3O11/c1-4-5-6-7-8-12-24(40)38-37-23(16-39)35(46)14-19-27(22(15-35)49-25-13-20(36)30(41)17(2)48-25)34(45)29-28(32(19)43)31(42)18-10-9-11-21(47-3)26(18)33(29)44/h9-11,17,20,22,25,30,39,41,43,45-46H,4-8,12-16,36H2,1-3H3,(H,38,40)/b37-23-. The van der Waals surface area contributed by atoms with Crippen molar-refractivity contribution < 1.29 is 54.1 Å². The fourth-order valence-electron chi connectivity index (χ4n) is 6.97. The summed E-state index contributed by atoms with van der Waals surface area (Å²) in [4.78, 5) is 40.3. The molecule has 49 heavy (non-hydrogen) atoms. The van der Waals surface area contributed by atoms with Gasteiger partial charge in [-0.25, -0.2) is 5.43 Å². The molecule has 0 bridgehead atoms. The van der Waals surface area contributed by atoms with Crippen LogP contribution in [0.1, 0.15) is 114 Å². The third-order valence-electron chi connectivity index (χ3n) is 9.65. The normalized spacial score (nSPS) is 26.5. The Morgan fingerprint density at radius 3 is 2.49 bits per heavy atom. The van der Waals surface area contributed by atoms with Gasteiger partial charge in [-0.3, -0.25) is 14.4 Å². The molecule has 8 N–H and O–H groups in total. The van der Waals surface area contributed by atoms with Gasteiger partial charge in [-0.15, -0.1) is 0 Å². The molecule has 2 aliphatic carbocycles. The van der Waals surface area contributed by atoms with Gasteiger partial charge in [0.2, 0.25) is 11.7 Å². The summed E-state index contributed by atoms with van der Waals surface area (Å²) in [6.45, 7) is 2.89. The fourth-order valence-corrected chi connectivity index (χ4v) is 6.97. The number of aliphatic hydroxyl groups is 3. The Labute approximate surface area is 283 Å². The quantitative estimate of drug-likeness (QED) is 0.0631. The number of hydrogen-bond donors (Lipinski definition) is 7. The number of nitrogens with zero attached hydrogens (tertiary/aromatic N) is 1. The maximum Gasteiger partial charge on any atom is 0.240 e. The van der Waals surface area contributed by atoms with Gasteiger partial charge in [-0.05, 0) is 19.4 Å². The number of unbranched alkanes of at least 4 members (excludes halogenated alkanes) is 4. The summed E-state index contributed by atoms with van der Waals surface area (Å²) in [7, 11) is 1.33. The summed E-state index contributed by atoms with van der Waals surface area (Å²) in [5.41, 5.74) is 4.93. The van der Waals surface area contributed by atoms with Crippen molar-refractivity contribution in [3.63, 3.8) is 0 Å². The minimum atomic E-state index is -2.08. The van der Waals surface area contributed by atoms with Gasteiger partial charge < -0.3 is 45.5 Å². The number of ketones is 2. The van der Waals surface area contributed by atoms with E-state index >= 15 is 0 Å². The van der Waals surface area contributed by atoms with Crippen molar-refractivity contribution in [2.75, 3.05) is 13.7 Å². The van der Waals surface area contributed by atoms with Crippen LogP contribution >= 0.6 is 0 Å². The average molecular weight is 684 g/mol. The molecule has 6 unspecified atom stereocenters. The van der Waals surface area contributed by atoms with Gasteiger partial charge in [-0.1, -0.05) is 44.7 Å². The van der Waals surface area contributed by atoms with Crippen LogP contribution < -0.4 is 15.9 Å². The van der Waals surface area contributed by atoms with E-state index in [-0.39, 0.29) is 53.0 Å². The van der Waals surface area contributed by atoms with Crippen LogP contribution in [-0.4, -0.2) is 92.6 Å². The van der Waals surface area contributed by atoms with Crippen LogP contribution in [-0.2, 0) is 20.7 Å². The lowest BCUT2D eigenvalue weighted by Crippen LogP contribution is -2.53. The number of hydrogen-bond acceptors (Lipinski definition) is 13. The zero-order valence-corrected chi connectivity index (χ0v) is 27.9. The predicted molar refractivity (Wildman–Crippen MR) is 176 cm³/mol. The molecule has 14 heteroatoms. The zero-order chi connectivity index (χ0) is 35.6. The summed E-state index contributed by atoms with van der Waals surface area (Å²) in [6.07, 6.45) is -0.138. The number of aliphatic hydroxyl groups excluding tert-OH is 2. The summed E-state index contributed by atoms with van der Waals surface area (Å²) < 4.78 is 17.4. The molecule has 1 aliphatic heterocycles. The first kappa shape index (κ1) is 36.4. The molecule has 1 saturated heterocycles. The smallest absolute Gasteiger partial charge is 0.240 e. The molecule has 1 heterocycles. The Hall–Kier alpha value is -3.92. The first-order chi connectivity index (χ1) is 23.4. The highest BCUT2D eigenvalue weighted by Gasteiger charge is 2.49. The van der Waals surface area contributed by atoms with Crippen molar-refractivity contribution >= 4 is 23.2 Å². The van der Waals surface area contributed by atoms with Crippen molar-refractivity contribution in [3.05, 3.63) is 51.6 Å². The van der Waals surface area contributed by atoms with E-state index in [0.717, 1.165) is 25.7 Å². The van der Waals surface area contributed by atoms with Crippen LogP contribution in [0.2, 0.25) is 0 Å². The van der Waals surface area contributed by atoms with Crippen LogP contribution in [0, 0.1) is 0 Å². The Balaban J connectivity index is 1.57. The Morgan fingerprint density at radius 1 is 1.10 bits per heavy atom. The lowest BCUT2D eigenvalue weighted by atomic mass is 9.71. The first-order valence-electron chi connectivity index (χ1n) is 16.7. The molecule has 2 aromatic carbocycles. The lowest BCUT2D eigenvalue weighted by molar-refractivity contribution is -0.245. The van der Waals surface area contributed by atoms with Crippen LogP contribution in [0.4, 0.5) is 0 Å². The maximum atomic E-state index is 13.9. The molecule has 1 fully saturated rings. The highest BCUT2D eigenvalue weighted by molar-refractivity contribution is 6.31. The fraction of sp³-hybridized carbons (Fsp3) is 0.543. The van der Waals surface area contributed by atoms with Crippen molar-refractivity contribution in [1.82, 2.24) is 5.43 Å². The van der Waals surface area contributed by atoms with Crippen LogP contribution in [0.3, 0.4) is 0 Å². The number of phenols is 2. The largest absolute Gasteiger partial charge is 0.507 e. The lowest BCUT2D eigenvalue weighted by Gasteiger charge is -2.43. The van der Waals surface area contributed by atoms with Gasteiger partial charge in [0.25, 0.3) is 0 Å². The third-order valence-corrected chi connectivity index (χ3v) is 9.65. The topological polar surface area (TPSA) is 230 Å². The van der Waals surface area contributed by atoms with E-state index in [0.29, 0.717) is 6.42 Å². The van der Waals surface area contributed by atoms with Gasteiger partial charge in [0.05, 0.1) is 54.4 Å². The number of rotatable bonds is 12. The van der Waals surface area contributed by atoms with Gasteiger partial charge in [0, 0.05) is 48.4 Å². The highest BCUT2D eigenvalue weighted by Crippen LogP contribution is 2.52. The molecule has 6 atom stereocenters. The summed E-state index contributed by atoms with van der Waals surface area (Å²) in [5, 5.41) is 60.3. The first-order valence-corrected chi connectivity index (χ1v) is 16.7. The van der Waals surface area contributed by atoms with Crippen LogP contribution in [0.5, 0.6) is 17.2 Å². The minimum absolute atomic E-state index is 0.0186. The van der Waals surface area contributed by atoms with E-state index in [1.807, 2.05) is 0 Å². The monoisotopic (exact) mass is 683 g/mol. The second kappa shape index (κ2) is 14.9. The van der Waals surface area contributed by atoms with Gasteiger partial charge >= 0.3 is 0 Å². The van der Waals surface area contributed by atoms with Crippen molar-refractivity contribution in [2.24, 2.45) is 10.8 Å². The summed E-state index contributed by atoms with van der Waals surface area (Å²) in [6, 6.07) is 3.68. The number of fused-ring (bicyclic) bond motifs is 3. The van der Waals surface area contributed by atoms with Crippen molar-refractivity contribution in [1.29, 1.82) is 0 Å². The molecule has 14 nitrogen and oxygen atoms in total. The second-order valence-corrected chi connectivity index (χ2v) is 13.0. The predicted octanol–water partition coefficient (Wildman–Crippen LogP) is 2.26. The van der Waals surface area contributed by atoms with E-state index in [2.05, 4.69) is 17.5 Å². The van der Waals surface area contributed by atoms with E-state index in [1.54, 1.807) is 6.92 Å². The number of hydrazone groups is 1. The molecule has 5 rings (SSSR count). The second-order valence-electron chi connectivity index (χ2n) is 13.0. The van der Waals surface area contributed by atoms with Crippen LogP contribution in [0.25, 0.3) is 0 Å². The zero-order valence-electron chi connectivity index (χ0n) is 27.9. The Kier molecular flexibility index (Phi) is 11.1. The van der Waals surface area contributed by atoms with E-state index in [4.69, 9.17) is 19.9 Å². The van der Waals surface area contributed by atoms with Crippen molar-refractivity contribution in [2.45, 2.75) is 108 Å². The molecular formula is C35H45N3O11. The van der Waals surface area contributed by atoms with Gasteiger partial charge in [0.1, 0.15) is 22.8 Å². The van der Waals surface area contributed by atoms with Gasteiger partial charge in [-0.2, -0.15) is 5.10 Å². The number of nitrogens with two attached hydrogens (primary N) is 1. The number of methoxy groups -OCH3 is 1. The summed E-state index contributed by atoms with van der Waals surface area (Å²) in [5.74, 6) is -3.14.